The second kappa shape index (κ2) is 7.98. The molecule has 2 aromatic rings. The highest BCUT2D eigenvalue weighted by atomic mass is 35.5. The molecule has 1 saturated heterocycles. The van der Waals surface area contributed by atoms with E-state index in [1.807, 2.05) is 0 Å². The number of fused-ring (bicyclic) bond motifs is 1. The number of piperazine rings is 1. The summed E-state index contributed by atoms with van der Waals surface area (Å²) < 4.78 is 40.6. The molecule has 0 aromatic heterocycles. The van der Waals surface area contributed by atoms with Crippen molar-refractivity contribution in [1.29, 1.82) is 0 Å². The molecule has 2 amide bonds. The van der Waals surface area contributed by atoms with Gasteiger partial charge in [0.1, 0.15) is 10.7 Å². The van der Waals surface area contributed by atoms with Crippen LogP contribution < -0.4 is 5.32 Å². The Morgan fingerprint density at radius 2 is 1.80 bits per heavy atom. The number of benzene rings is 2. The molecule has 2 aliphatic heterocycles. The van der Waals surface area contributed by atoms with Crippen LogP contribution in [0.3, 0.4) is 0 Å². The number of carbonyl (C=O) groups excluding carboxylic acids is 2. The number of carbonyl (C=O) groups is 2. The standard InChI is InChI=1S/C20H19ClFN3O4S/c21-16-3-1-2-4-18(16)30(28,29)25-9-7-24(8-10-25)20(27)15-12-19(26)23-17-11-13(22)5-6-14(15)17/h1-6,11,15H,7-10,12H2,(H,23,26)/t15-/m1/s1. The third-order valence-corrected chi connectivity index (χ3v) is 7.76. The number of hydrogen-bond acceptors (Lipinski definition) is 4. The van der Waals surface area contributed by atoms with E-state index in [9.17, 15) is 22.4 Å². The van der Waals surface area contributed by atoms with Crippen LogP contribution in [0, 0.1) is 5.82 Å². The lowest BCUT2D eigenvalue weighted by molar-refractivity contribution is -0.136. The van der Waals surface area contributed by atoms with E-state index in [1.54, 1.807) is 17.0 Å². The predicted octanol–water partition coefficient (Wildman–Crippen LogP) is 2.44. The van der Waals surface area contributed by atoms with Crippen molar-refractivity contribution in [3.05, 3.63) is 58.9 Å². The molecule has 1 atom stereocenters. The van der Waals surface area contributed by atoms with Gasteiger partial charge in [0.05, 0.1) is 10.9 Å². The van der Waals surface area contributed by atoms with Crippen molar-refractivity contribution >= 4 is 39.1 Å². The molecule has 30 heavy (non-hydrogen) atoms. The van der Waals surface area contributed by atoms with Crippen molar-refractivity contribution in [1.82, 2.24) is 9.21 Å². The smallest absolute Gasteiger partial charge is 0.244 e. The second-order valence-electron chi connectivity index (χ2n) is 7.20. The number of anilines is 1. The third-order valence-electron chi connectivity index (χ3n) is 5.36. The highest BCUT2D eigenvalue weighted by molar-refractivity contribution is 7.89. The summed E-state index contributed by atoms with van der Waals surface area (Å²) in [6.07, 6.45) is -0.0321. The summed E-state index contributed by atoms with van der Waals surface area (Å²) >= 11 is 6.05. The maximum atomic E-state index is 13.5. The normalized spacial score (nSPS) is 19.9. The van der Waals surface area contributed by atoms with Crippen LogP contribution in [0.4, 0.5) is 10.1 Å². The summed E-state index contributed by atoms with van der Waals surface area (Å²) in [5.41, 5.74) is 0.858. The molecule has 1 N–H and O–H groups in total. The van der Waals surface area contributed by atoms with E-state index in [-0.39, 0.29) is 54.3 Å². The van der Waals surface area contributed by atoms with Crippen molar-refractivity contribution in [3.8, 4) is 0 Å². The molecule has 2 aliphatic rings. The molecule has 0 saturated carbocycles. The lowest BCUT2D eigenvalue weighted by Crippen LogP contribution is -2.52. The van der Waals surface area contributed by atoms with Gasteiger partial charge in [0.2, 0.25) is 21.8 Å². The van der Waals surface area contributed by atoms with E-state index in [1.165, 1.54) is 34.6 Å². The van der Waals surface area contributed by atoms with Gasteiger partial charge >= 0.3 is 0 Å². The van der Waals surface area contributed by atoms with Crippen LogP contribution in [0.1, 0.15) is 17.9 Å². The van der Waals surface area contributed by atoms with Crippen LogP contribution in [-0.2, 0) is 19.6 Å². The summed E-state index contributed by atoms with van der Waals surface area (Å²) in [6.45, 7) is 0.622. The number of hydrogen-bond donors (Lipinski definition) is 1. The van der Waals surface area contributed by atoms with Crippen molar-refractivity contribution < 1.29 is 22.4 Å². The van der Waals surface area contributed by atoms with Gasteiger partial charge in [0.15, 0.2) is 0 Å². The summed E-state index contributed by atoms with van der Waals surface area (Å²) in [5, 5.41) is 2.74. The van der Waals surface area contributed by atoms with E-state index in [2.05, 4.69) is 5.32 Å². The predicted molar refractivity (Wildman–Crippen MR) is 109 cm³/mol. The molecule has 0 aliphatic carbocycles. The maximum absolute atomic E-state index is 13.5. The first-order chi connectivity index (χ1) is 14.3. The van der Waals surface area contributed by atoms with Crippen molar-refractivity contribution in [2.24, 2.45) is 0 Å². The minimum absolute atomic E-state index is 0.0321. The largest absolute Gasteiger partial charge is 0.340 e. The summed E-state index contributed by atoms with van der Waals surface area (Å²) in [7, 11) is -3.77. The second-order valence-corrected chi connectivity index (χ2v) is 9.51. The lowest BCUT2D eigenvalue weighted by atomic mass is 9.89. The molecule has 0 bridgehead atoms. The van der Waals surface area contributed by atoms with E-state index in [0.29, 0.717) is 11.3 Å². The maximum Gasteiger partial charge on any atom is 0.244 e. The van der Waals surface area contributed by atoms with Gasteiger partial charge in [-0.3, -0.25) is 9.59 Å². The van der Waals surface area contributed by atoms with Crippen molar-refractivity contribution in [2.45, 2.75) is 17.2 Å². The molecular formula is C20H19ClFN3O4S. The zero-order valence-electron chi connectivity index (χ0n) is 15.8. The molecule has 0 radical (unpaired) electrons. The molecule has 7 nitrogen and oxygen atoms in total. The summed E-state index contributed by atoms with van der Waals surface area (Å²) in [6, 6.07) is 10.2. The van der Waals surface area contributed by atoms with Gasteiger partial charge in [0.25, 0.3) is 0 Å². The van der Waals surface area contributed by atoms with Gasteiger partial charge in [-0.2, -0.15) is 4.31 Å². The number of halogens is 2. The number of nitrogens with zero attached hydrogens (tertiary/aromatic N) is 2. The zero-order chi connectivity index (χ0) is 21.5. The Bertz CT molecular complexity index is 1120. The number of nitrogens with one attached hydrogen (secondary N) is 1. The zero-order valence-corrected chi connectivity index (χ0v) is 17.4. The monoisotopic (exact) mass is 451 g/mol. The number of rotatable bonds is 3. The van der Waals surface area contributed by atoms with Gasteiger partial charge in [0, 0.05) is 38.3 Å². The van der Waals surface area contributed by atoms with Crippen LogP contribution >= 0.6 is 11.6 Å². The van der Waals surface area contributed by atoms with Crippen LogP contribution in [-0.4, -0.2) is 55.6 Å². The van der Waals surface area contributed by atoms with Crippen LogP contribution in [0.5, 0.6) is 0 Å². The molecule has 0 unspecified atom stereocenters. The minimum Gasteiger partial charge on any atom is -0.340 e. The molecule has 4 rings (SSSR count). The molecule has 2 heterocycles. The minimum atomic E-state index is -3.77. The highest BCUT2D eigenvalue weighted by Crippen LogP contribution is 2.34. The Kier molecular flexibility index (Phi) is 5.52. The fourth-order valence-electron chi connectivity index (χ4n) is 3.82. The Morgan fingerprint density at radius 1 is 1.10 bits per heavy atom. The quantitative estimate of drug-likeness (QED) is 0.776. The van der Waals surface area contributed by atoms with Gasteiger partial charge in [-0.05, 0) is 29.8 Å². The number of sulfonamides is 1. The number of amides is 2. The fraction of sp³-hybridized carbons (Fsp3) is 0.300. The Hall–Kier alpha value is -2.49. The topological polar surface area (TPSA) is 86.8 Å². The van der Waals surface area contributed by atoms with E-state index >= 15 is 0 Å². The average molecular weight is 452 g/mol. The summed E-state index contributed by atoms with van der Waals surface area (Å²) in [5.74, 6) is -1.85. The molecule has 2 aromatic carbocycles. The average Bonchev–Trinajstić information content (AvgIpc) is 2.72. The van der Waals surface area contributed by atoms with Crippen molar-refractivity contribution in [3.63, 3.8) is 0 Å². The third kappa shape index (κ3) is 3.80. The molecule has 0 spiro atoms. The lowest BCUT2D eigenvalue weighted by Gasteiger charge is -2.37. The summed E-state index contributed by atoms with van der Waals surface area (Å²) in [4.78, 5) is 26.7. The first-order valence-corrected chi connectivity index (χ1v) is 11.2. The van der Waals surface area contributed by atoms with Crippen LogP contribution in [0.25, 0.3) is 0 Å². The molecule has 1 fully saturated rings. The van der Waals surface area contributed by atoms with E-state index < -0.39 is 21.8 Å². The Balaban J connectivity index is 1.49. The Labute approximate surface area is 178 Å². The van der Waals surface area contributed by atoms with Crippen molar-refractivity contribution in [2.75, 3.05) is 31.5 Å². The van der Waals surface area contributed by atoms with Gasteiger partial charge in [-0.1, -0.05) is 29.8 Å². The van der Waals surface area contributed by atoms with Gasteiger partial charge < -0.3 is 10.2 Å². The van der Waals surface area contributed by atoms with E-state index in [4.69, 9.17) is 11.6 Å². The Morgan fingerprint density at radius 3 is 2.50 bits per heavy atom. The van der Waals surface area contributed by atoms with Gasteiger partial charge in [-0.25, -0.2) is 12.8 Å². The first kappa shape index (κ1) is 20.8. The van der Waals surface area contributed by atoms with E-state index in [0.717, 1.165) is 0 Å². The van der Waals surface area contributed by atoms with Crippen LogP contribution in [0.15, 0.2) is 47.4 Å². The first-order valence-electron chi connectivity index (χ1n) is 9.40. The fourth-order valence-corrected chi connectivity index (χ4v) is 5.74. The van der Waals surface area contributed by atoms with Crippen LogP contribution in [0.2, 0.25) is 5.02 Å². The SMILES string of the molecule is O=C1C[C@@H](C(=O)N2CCN(S(=O)(=O)c3ccccc3Cl)CC2)c2ccc(F)cc2N1. The highest BCUT2D eigenvalue weighted by Gasteiger charge is 2.37. The van der Waals surface area contributed by atoms with Gasteiger partial charge in [-0.15, -0.1) is 0 Å². The molecule has 10 heteroatoms. The molecular weight excluding hydrogens is 433 g/mol. The molecule has 158 valence electrons.